The molecular weight excluding hydrogens is 252 g/mol. The number of hydrogen-bond donors (Lipinski definition) is 2. The number of sulfone groups is 1. The number of aromatic nitrogens is 1. The molecule has 2 rings (SSSR count). The zero-order valence-electron chi connectivity index (χ0n) is 10.4. The van der Waals surface area contributed by atoms with E-state index < -0.39 is 9.84 Å². The number of pyridine rings is 1. The zero-order chi connectivity index (χ0) is 13.2. The van der Waals surface area contributed by atoms with Crippen molar-refractivity contribution in [1.29, 1.82) is 0 Å². The quantitative estimate of drug-likeness (QED) is 0.848. The normalized spacial score (nSPS) is 19.8. The van der Waals surface area contributed by atoms with E-state index in [9.17, 15) is 13.5 Å². The summed E-state index contributed by atoms with van der Waals surface area (Å²) in [6.07, 6.45) is 1.27. The van der Waals surface area contributed by atoms with Crippen molar-refractivity contribution in [2.45, 2.75) is 32.4 Å². The smallest absolute Gasteiger partial charge is 0.150 e. The van der Waals surface area contributed by atoms with Crippen molar-refractivity contribution in [3.8, 4) is 5.75 Å². The van der Waals surface area contributed by atoms with Gasteiger partial charge in [0, 0.05) is 18.3 Å². The first-order valence-corrected chi connectivity index (χ1v) is 7.88. The van der Waals surface area contributed by atoms with E-state index in [2.05, 4.69) is 10.3 Å². The van der Waals surface area contributed by atoms with Crippen LogP contribution in [0, 0.1) is 6.92 Å². The van der Waals surface area contributed by atoms with Crippen molar-refractivity contribution in [2.24, 2.45) is 0 Å². The Morgan fingerprint density at radius 3 is 2.72 bits per heavy atom. The molecule has 5 nitrogen and oxygen atoms in total. The Labute approximate surface area is 107 Å². The molecule has 0 bridgehead atoms. The van der Waals surface area contributed by atoms with Gasteiger partial charge in [-0.3, -0.25) is 4.98 Å². The maximum atomic E-state index is 11.3. The highest BCUT2D eigenvalue weighted by molar-refractivity contribution is 7.91. The fourth-order valence-corrected chi connectivity index (χ4v) is 3.56. The van der Waals surface area contributed by atoms with Gasteiger partial charge in [0.15, 0.2) is 0 Å². The average Bonchev–Trinajstić information content (AvgIpc) is 2.32. The van der Waals surface area contributed by atoms with Crippen LogP contribution in [0.3, 0.4) is 0 Å². The Bertz CT molecular complexity index is 514. The fourth-order valence-electron chi connectivity index (χ4n) is 2.07. The molecule has 2 heterocycles. The molecule has 0 saturated carbocycles. The second-order valence-corrected chi connectivity index (χ2v) is 7.03. The lowest BCUT2D eigenvalue weighted by molar-refractivity contribution is 0.434. The fraction of sp³-hybridized carbons (Fsp3) is 0.583. The van der Waals surface area contributed by atoms with Crippen LogP contribution in [-0.4, -0.2) is 36.1 Å². The molecule has 1 fully saturated rings. The van der Waals surface area contributed by atoms with Crippen molar-refractivity contribution in [1.82, 2.24) is 10.3 Å². The Morgan fingerprint density at radius 2 is 2.06 bits per heavy atom. The highest BCUT2D eigenvalue weighted by atomic mass is 32.2. The maximum absolute atomic E-state index is 11.3. The van der Waals surface area contributed by atoms with Crippen molar-refractivity contribution in [2.75, 3.05) is 11.5 Å². The van der Waals surface area contributed by atoms with Gasteiger partial charge in [0.1, 0.15) is 15.6 Å². The van der Waals surface area contributed by atoms with Gasteiger partial charge in [0.05, 0.1) is 17.2 Å². The number of rotatable bonds is 3. The molecule has 1 saturated heterocycles. The van der Waals surface area contributed by atoms with E-state index in [0.29, 0.717) is 25.1 Å². The summed E-state index contributed by atoms with van der Waals surface area (Å²) in [6, 6.07) is 3.58. The maximum Gasteiger partial charge on any atom is 0.150 e. The molecule has 1 aromatic rings. The predicted octanol–water partition coefficient (Wildman–Crippen LogP) is 0.762. The average molecular weight is 270 g/mol. The lowest BCUT2D eigenvalue weighted by atomic mass is 10.1. The van der Waals surface area contributed by atoms with E-state index in [-0.39, 0.29) is 23.3 Å². The van der Waals surface area contributed by atoms with Crippen LogP contribution in [0.2, 0.25) is 0 Å². The number of nitrogens with one attached hydrogen (secondary N) is 1. The second-order valence-electron chi connectivity index (χ2n) is 4.73. The summed E-state index contributed by atoms with van der Waals surface area (Å²) in [6.45, 7) is 2.34. The lowest BCUT2D eigenvalue weighted by Gasteiger charge is -2.23. The molecular formula is C12H18N2O3S. The summed E-state index contributed by atoms with van der Waals surface area (Å²) in [5.74, 6) is 0.673. The number of nitrogens with zero attached hydrogens (tertiary/aromatic N) is 1. The highest BCUT2D eigenvalue weighted by Crippen LogP contribution is 2.16. The van der Waals surface area contributed by atoms with Gasteiger partial charge in [0.25, 0.3) is 0 Å². The van der Waals surface area contributed by atoms with Crippen molar-refractivity contribution < 1.29 is 13.5 Å². The lowest BCUT2D eigenvalue weighted by Crippen LogP contribution is -2.37. The summed E-state index contributed by atoms with van der Waals surface area (Å²) < 4.78 is 22.6. The first kappa shape index (κ1) is 13.3. The van der Waals surface area contributed by atoms with Gasteiger partial charge in [-0.15, -0.1) is 0 Å². The third-order valence-electron chi connectivity index (χ3n) is 3.20. The van der Waals surface area contributed by atoms with E-state index in [1.54, 1.807) is 12.1 Å². The SMILES string of the molecule is Cc1ccc(O)c(CNC2CCS(=O)(=O)CC2)n1. The first-order valence-electron chi connectivity index (χ1n) is 6.05. The second kappa shape index (κ2) is 5.24. The minimum absolute atomic E-state index is 0.177. The molecule has 6 heteroatoms. The van der Waals surface area contributed by atoms with Crippen LogP contribution in [0.1, 0.15) is 24.2 Å². The molecule has 0 spiro atoms. The van der Waals surface area contributed by atoms with Gasteiger partial charge in [0.2, 0.25) is 0 Å². The van der Waals surface area contributed by atoms with Gasteiger partial charge in [-0.25, -0.2) is 8.42 Å². The third-order valence-corrected chi connectivity index (χ3v) is 4.92. The molecule has 2 N–H and O–H groups in total. The minimum atomic E-state index is -2.82. The van der Waals surface area contributed by atoms with Gasteiger partial charge >= 0.3 is 0 Å². The third kappa shape index (κ3) is 3.43. The summed E-state index contributed by atoms with van der Waals surface area (Å²) in [7, 11) is -2.82. The Morgan fingerprint density at radius 1 is 1.39 bits per heavy atom. The van der Waals surface area contributed by atoms with Crippen molar-refractivity contribution in [3.63, 3.8) is 0 Å². The Balaban J connectivity index is 1.90. The molecule has 1 aromatic heterocycles. The van der Waals surface area contributed by atoms with E-state index in [1.165, 1.54) is 0 Å². The molecule has 0 unspecified atom stereocenters. The van der Waals surface area contributed by atoms with Crippen LogP contribution >= 0.6 is 0 Å². The van der Waals surface area contributed by atoms with Crippen LogP contribution in [0.25, 0.3) is 0 Å². The molecule has 0 aromatic carbocycles. The molecule has 18 heavy (non-hydrogen) atoms. The Kier molecular flexibility index (Phi) is 3.87. The van der Waals surface area contributed by atoms with E-state index >= 15 is 0 Å². The van der Waals surface area contributed by atoms with Gasteiger partial charge in [-0.05, 0) is 31.9 Å². The van der Waals surface area contributed by atoms with Crippen LogP contribution in [0.4, 0.5) is 0 Å². The topological polar surface area (TPSA) is 79.3 Å². The zero-order valence-corrected chi connectivity index (χ0v) is 11.2. The molecule has 1 aliphatic rings. The van der Waals surface area contributed by atoms with Crippen LogP contribution in [0.15, 0.2) is 12.1 Å². The number of aromatic hydroxyl groups is 1. The van der Waals surface area contributed by atoms with Gasteiger partial charge < -0.3 is 10.4 Å². The standard InChI is InChI=1S/C12H18N2O3S/c1-9-2-3-12(15)11(14-9)8-13-10-4-6-18(16,17)7-5-10/h2-3,10,13,15H,4-8H2,1H3. The molecule has 0 atom stereocenters. The summed E-state index contributed by atoms with van der Waals surface area (Å²) in [4.78, 5) is 4.25. The predicted molar refractivity (Wildman–Crippen MR) is 69.2 cm³/mol. The molecule has 1 aliphatic heterocycles. The molecule has 0 radical (unpaired) electrons. The van der Waals surface area contributed by atoms with Crippen molar-refractivity contribution in [3.05, 3.63) is 23.5 Å². The van der Waals surface area contributed by atoms with E-state index in [4.69, 9.17) is 0 Å². The van der Waals surface area contributed by atoms with E-state index in [1.807, 2.05) is 6.92 Å². The van der Waals surface area contributed by atoms with Crippen molar-refractivity contribution >= 4 is 9.84 Å². The number of aryl methyl sites for hydroxylation is 1. The Hall–Kier alpha value is -1.14. The summed E-state index contributed by atoms with van der Waals surface area (Å²) in [5, 5.41) is 12.9. The van der Waals surface area contributed by atoms with Gasteiger partial charge in [-0.1, -0.05) is 0 Å². The summed E-state index contributed by atoms with van der Waals surface area (Å²) >= 11 is 0. The van der Waals surface area contributed by atoms with Crippen LogP contribution in [0.5, 0.6) is 5.75 Å². The minimum Gasteiger partial charge on any atom is -0.506 e. The molecule has 100 valence electrons. The van der Waals surface area contributed by atoms with Crippen LogP contribution in [-0.2, 0) is 16.4 Å². The van der Waals surface area contributed by atoms with E-state index in [0.717, 1.165) is 5.69 Å². The monoisotopic (exact) mass is 270 g/mol. The molecule has 0 amide bonds. The number of hydrogen-bond acceptors (Lipinski definition) is 5. The largest absolute Gasteiger partial charge is 0.506 e. The summed E-state index contributed by atoms with van der Waals surface area (Å²) in [5.41, 5.74) is 1.47. The highest BCUT2D eigenvalue weighted by Gasteiger charge is 2.23. The van der Waals surface area contributed by atoms with Crippen LogP contribution < -0.4 is 5.32 Å². The molecule has 0 aliphatic carbocycles. The van der Waals surface area contributed by atoms with Gasteiger partial charge in [-0.2, -0.15) is 0 Å². The first-order chi connectivity index (χ1) is 8.46.